The Hall–Kier alpha value is -2.90. The first-order chi connectivity index (χ1) is 16.0. The minimum atomic E-state index is -0.234. The van der Waals surface area contributed by atoms with Gasteiger partial charge in [-0.05, 0) is 50.5 Å². The summed E-state index contributed by atoms with van der Waals surface area (Å²) in [6, 6.07) is 13.9. The average Bonchev–Trinajstić information content (AvgIpc) is 2.84. The number of hydrogen-bond acceptors (Lipinski definition) is 4. The molecular formula is C25H30ClN3O4. The van der Waals surface area contributed by atoms with Gasteiger partial charge in [0.25, 0.3) is 11.8 Å². The third kappa shape index (κ3) is 6.79. The molecule has 33 heavy (non-hydrogen) atoms. The molecule has 0 spiro atoms. The minimum absolute atomic E-state index is 0.120. The fourth-order valence-electron chi connectivity index (χ4n) is 3.79. The summed E-state index contributed by atoms with van der Waals surface area (Å²) in [5.41, 5.74) is 1.39. The third-order valence-electron chi connectivity index (χ3n) is 5.64. The molecule has 7 nitrogen and oxygen atoms in total. The first-order valence-corrected chi connectivity index (χ1v) is 11.7. The van der Waals surface area contributed by atoms with Gasteiger partial charge in [-0.2, -0.15) is 0 Å². The Morgan fingerprint density at radius 2 is 1.70 bits per heavy atom. The summed E-state index contributed by atoms with van der Waals surface area (Å²) < 4.78 is 5.28. The van der Waals surface area contributed by atoms with Crippen LogP contribution in [0.25, 0.3) is 0 Å². The van der Waals surface area contributed by atoms with Crippen molar-refractivity contribution in [1.82, 2.24) is 10.2 Å². The van der Waals surface area contributed by atoms with E-state index >= 15 is 0 Å². The van der Waals surface area contributed by atoms with E-state index in [1.165, 1.54) is 0 Å². The average molecular weight is 472 g/mol. The molecule has 2 aromatic carbocycles. The molecule has 3 rings (SSSR count). The number of hydrogen-bond donors (Lipinski definition) is 2. The molecule has 3 amide bonds. The number of rotatable bonds is 9. The standard InChI is InChI=1S/C25H30ClN3O4/c1-2-33-17-7-14-27-24(31)20-9-4-6-11-22(20)28-23(30)18-12-15-29(16-13-18)25(32)19-8-3-5-10-21(19)26/h3-6,8-11,18H,2,7,12-17H2,1H3,(H,27,31)(H,28,30). The molecule has 0 atom stereocenters. The summed E-state index contributed by atoms with van der Waals surface area (Å²) in [6.45, 7) is 4.62. The lowest BCUT2D eigenvalue weighted by Crippen LogP contribution is -2.41. The normalized spacial score (nSPS) is 14.1. The van der Waals surface area contributed by atoms with E-state index in [-0.39, 0.29) is 23.6 Å². The van der Waals surface area contributed by atoms with E-state index in [9.17, 15) is 14.4 Å². The Kier molecular flexibility index (Phi) is 9.27. The van der Waals surface area contributed by atoms with E-state index in [2.05, 4.69) is 10.6 Å². The number of nitrogens with zero attached hydrogens (tertiary/aromatic N) is 1. The highest BCUT2D eigenvalue weighted by atomic mass is 35.5. The maximum Gasteiger partial charge on any atom is 0.255 e. The Morgan fingerprint density at radius 1 is 1.03 bits per heavy atom. The van der Waals surface area contributed by atoms with Crippen molar-refractivity contribution in [3.05, 3.63) is 64.7 Å². The van der Waals surface area contributed by atoms with Gasteiger partial charge in [0.2, 0.25) is 5.91 Å². The third-order valence-corrected chi connectivity index (χ3v) is 5.97. The Morgan fingerprint density at radius 3 is 2.39 bits per heavy atom. The molecule has 0 bridgehead atoms. The van der Waals surface area contributed by atoms with E-state index in [0.717, 1.165) is 6.42 Å². The van der Waals surface area contributed by atoms with Gasteiger partial charge in [0.15, 0.2) is 0 Å². The predicted molar refractivity (Wildman–Crippen MR) is 129 cm³/mol. The number of nitrogens with one attached hydrogen (secondary N) is 2. The second-order valence-corrected chi connectivity index (χ2v) is 8.29. The number of amides is 3. The fraction of sp³-hybridized carbons (Fsp3) is 0.400. The lowest BCUT2D eigenvalue weighted by atomic mass is 9.95. The molecule has 1 fully saturated rings. The van der Waals surface area contributed by atoms with Crippen LogP contribution >= 0.6 is 11.6 Å². The van der Waals surface area contributed by atoms with Gasteiger partial charge in [0.05, 0.1) is 21.8 Å². The van der Waals surface area contributed by atoms with Gasteiger partial charge in [0.1, 0.15) is 0 Å². The quantitative estimate of drug-likeness (QED) is 0.541. The number of carbonyl (C=O) groups is 3. The molecule has 176 valence electrons. The highest BCUT2D eigenvalue weighted by Crippen LogP contribution is 2.24. The second-order valence-electron chi connectivity index (χ2n) is 7.89. The zero-order valence-electron chi connectivity index (χ0n) is 18.8. The predicted octanol–water partition coefficient (Wildman–Crippen LogP) is 3.99. The number of carbonyl (C=O) groups excluding carboxylic acids is 3. The Labute approximate surface area is 199 Å². The maximum absolute atomic E-state index is 12.9. The number of likely N-dealkylation sites (tertiary alicyclic amines) is 1. The molecule has 1 aliphatic heterocycles. The summed E-state index contributed by atoms with van der Waals surface area (Å²) in [4.78, 5) is 39.9. The lowest BCUT2D eigenvalue weighted by molar-refractivity contribution is -0.121. The molecule has 1 heterocycles. The van der Waals surface area contributed by atoms with Gasteiger partial charge in [-0.15, -0.1) is 0 Å². The van der Waals surface area contributed by atoms with Crippen molar-refractivity contribution in [2.75, 3.05) is 38.2 Å². The summed E-state index contributed by atoms with van der Waals surface area (Å²) in [5, 5.41) is 6.20. The van der Waals surface area contributed by atoms with Crippen molar-refractivity contribution in [3.63, 3.8) is 0 Å². The highest BCUT2D eigenvalue weighted by molar-refractivity contribution is 6.33. The van der Waals surface area contributed by atoms with Gasteiger partial charge in [0, 0.05) is 38.8 Å². The molecule has 2 aromatic rings. The van der Waals surface area contributed by atoms with Gasteiger partial charge in [-0.25, -0.2) is 0 Å². The highest BCUT2D eigenvalue weighted by Gasteiger charge is 2.29. The van der Waals surface area contributed by atoms with Crippen LogP contribution in [0.3, 0.4) is 0 Å². The number of piperidine rings is 1. The van der Waals surface area contributed by atoms with E-state index < -0.39 is 0 Å². The van der Waals surface area contributed by atoms with E-state index in [4.69, 9.17) is 16.3 Å². The molecule has 0 aromatic heterocycles. The topological polar surface area (TPSA) is 87.7 Å². The summed E-state index contributed by atoms with van der Waals surface area (Å²) in [6.07, 6.45) is 1.82. The van der Waals surface area contributed by atoms with Crippen LogP contribution in [-0.2, 0) is 9.53 Å². The van der Waals surface area contributed by atoms with Crippen LogP contribution in [-0.4, -0.2) is 55.5 Å². The van der Waals surface area contributed by atoms with Crippen molar-refractivity contribution < 1.29 is 19.1 Å². The van der Waals surface area contributed by atoms with Crippen LogP contribution in [0.15, 0.2) is 48.5 Å². The molecule has 2 N–H and O–H groups in total. The van der Waals surface area contributed by atoms with Gasteiger partial charge in [-0.1, -0.05) is 35.9 Å². The Bertz CT molecular complexity index is 974. The first-order valence-electron chi connectivity index (χ1n) is 11.3. The molecule has 8 heteroatoms. The number of anilines is 1. The number of benzene rings is 2. The van der Waals surface area contributed by atoms with Crippen LogP contribution in [0.2, 0.25) is 5.02 Å². The van der Waals surface area contributed by atoms with Crippen LogP contribution in [0.1, 0.15) is 46.9 Å². The van der Waals surface area contributed by atoms with Crippen molar-refractivity contribution in [3.8, 4) is 0 Å². The molecular weight excluding hydrogens is 442 g/mol. The van der Waals surface area contributed by atoms with Crippen molar-refractivity contribution in [1.29, 1.82) is 0 Å². The Balaban J connectivity index is 1.53. The zero-order chi connectivity index (χ0) is 23.6. The van der Waals surface area contributed by atoms with Gasteiger partial charge >= 0.3 is 0 Å². The largest absolute Gasteiger partial charge is 0.382 e. The van der Waals surface area contributed by atoms with Gasteiger partial charge in [-0.3, -0.25) is 14.4 Å². The zero-order valence-corrected chi connectivity index (χ0v) is 19.6. The van der Waals surface area contributed by atoms with Crippen molar-refractivity contribution in [2.24, 2.45) is 5.92 Å². The molecule has 1 saturated heterocycles. The smallest absolute Gasteiger partial charge is 0.255 e. The minimum Gasteiger partial charge on any atom is -0.382 e. The van der Waals surface area contributed by atoms with Crippen LogP contribution in [0.4, 0.5) is 5.69 Å². The SMILES string of the molecule is CCOCCCNC(=O)c1ccccc1NC(=O)C1CCN(C(=O)c2ccccc2Cl)CC1. The fourth-order valence-corrected chi connectivity index (χ4v) is 4.01. The molecule has 0 unspecified atom stereocenters. The number of ether oxygens (including phenoxy) is 1. The molecule has 0 radical (unpaired) electrons. The number of halogens is 1. The monoisotopic (exact) mass is 471 g/mol. The van der Waals surface area contributed by atoms with Gasteiger partial charge < -0.3 is 20.3 Å². The molecule has 0 saturated carbocycles. The molecule has 1 aliphatic rings. The van der Waals surface area contributed by atoms with Crippen molar-refractivity contribution >= 4 is 35.0 Å². The first kappa shape index (κ1) is 24.7. The summed E-state index contributed by atoms with van der Waals surface area (Å²) in [5.74, 6) is -0.729. The summed E-state index contributed by atoms with van der Waals surface area (Å²) in [7, 11) is 0. The van der Waals surface area contributed by atoms with Crippen LogP contribution < -0.4 is 10.6 Å². The van der Waals surface area contributed by atoms with Crippen molar-refractivity contribution in [2.45, 2.75) is 26.2 Å². The van der Waals surface area contributed by atoms with Crippen LogP contribution in [0.5, 0.6) is 0 Å². The van der Waals surface area contributed by atoms with Crippen LogP contribution in [0, 0.1) is 5.92 Å². The second kappa shape index (κ2) is 12.4. The molecule has 0 aliphatic carbocycles. The van der Waals surface area contributed by atoms with E-state index in [1.54, 1.807) is 53.4 Å². The van der Waals surface area contributed by atoms with E-state index in [1.807, 2.05) is 6.92 Å². The summed E-state index contributed by atoms with van der Waals surface area (Å²) >= 11 is 6.15. The lowest BCUT2D eigenvalue weighted by Gasteiger charge is -2.31. The van der Waals surface area contributed by atoms with E-state index in [0.29, 0.717) is 67.5 Å². The number of para-hydroxylation sites is 1. The maximum atomic E-state index is 12.9.